The number of rotatable bonds is 3. The maximum absolute atomic E-state index is 3.61. The van der Waals surface area contributed by atoms with E-state index >= 15 is 0 Å². The molecule has 1 aliphatic heterocycles. The fraction of sp³-hybridized carbons (Fsp3) is 0.429. The van der Waals surface area contributed by atoms with Crippen LogP contribution in [0.25, 0.3) is 0 Å². The van der Waals surface area contributed by atoms with Crippen molar-refractivity contribution in [1.29, 1.82) is 0 Å². The summed E-state index contributed by atoms with van der Waals surface area (Å²) in [6, 6.07) is 0. The van der Waals surface area contributed by atoms with Gasteiger partial charge in [0.2, 0.25) is 0 Å². The molecule has 1 heterocycles. The monoisotopic (exact) mass is 139 g/mol. The zero-order chi connectivity index (χ0) is 7.40. The van der Waals surface area contributed by atoms with Crippen molar-refractivity contribution in [3.8, 4) is 0 Å². The number of nitrogens with one attached hydrogen (secondary N) is 1. The zero-order valence-corrected chi connectivity index (χ0v) is 6.25. The van der Waals surface area contributed by atoms with E-state index in [1.54, 1.807) is 0 Å². The van der Waals surface area contributed by atoms with Crippen LogP contribution in [0.4, 0.5) is 0 Å². The SMILES string of the molecule is C=CCNN1C=CN(C)C1. The van der Waals surface area contributed by atoms with Crippen molar-refractivity contribution in [2.75, 3.05) is 20.3 Å². The van der Waals surface area contributed by atoms with E-state index < -0.39 is 0 Å². The highest BCUT2D eigenvalue weighted by Gasteiger charge is 2.04. The molecule has 0 saturated heterocycles. The smallest absolute Gasteiger partial charge is 0.104 e. The van der Waals surface area contributed by atoms with Gasteiger partial charge in [0.15, 0.2) is 0 Å². The van der Waals surface area contributed by atoms with Crippen molar-refractivity contribution in [2.24, 2.45) is 0 Å². The van der Waals surface area contributed by atoms with Gasteiger partial charge in [-0.05, 0) is 0 Å². The molecular weight excluding hydrogens is 126 g/mol. The van der Waals surface area contributed by atoms with Crippen LogP contribution in [0, 0.1) is 0 Å². The molecule has 1 N–H and O–H groups in total. The molecule has 0 amide bonds. The summed E-state index contributed by atoms with van der Waals surface area (Å²) in [4.78, 5) is 2.09. The van der Waals surface area contributed by atoms with Crippen molar-refractivity contribution in [3.63, 3.8) is 0 Å². The lowest BCUT2D eigenvalue weighted by molar-refractivity contribution is 0.233. The minimum absolute atomic E-state index is 0.818. The van der Waals surface area contributed by atoms with Crippen LogP contribution in [0.2, 0.25) is 0 Å². The summed E-state index contributed by atoms with van der Waals surface area (Å²) in [7, 11) is 2.03. The molecule has 0 aromatic heterocycles. The molecule has 1 rings (SSSR count). The van der Waals surface area contributed by atoms with Gasteiger partial charge in [0, 0.05) is 26.0 Å². The first kappa shape index (κ1) is 7.15. The lowest BCUT2D eigenvalue weighted by Gasteiger charge is -2.17. The van der Waals surface area contributed by atoms with Gasteiger partial charge in [-0.1, -0.05) is 6.08 Å². The maximum atomic E-state index is 3.61. The van der Waals surface area contributed by atoms with Gasteiger partial charge in [-0.15, -0.1) is 6.58 Å². The van der Waals surface area contributed by atoms with E-state index in [9.17, 15) is 0 Å². The average Bonchev–Trinajstić information content (AvgIpc) is 2.31. The summed E-state index contributed by atoms with van der Waals surface area (Å²) in [5, 5.41) is 2.02. The van der Waals surface area contributed by atoms with Crippen molar-refractivity contribution >= 4 is 0 Å². The summed E-state index contributed by atoms with van der Waals surface area (Å²) in [5.41, 5.74) is 3.15. The Morgan fingerprint density at radius 3 is 3.00 bits per heavy atom. The molecule has 10 heavy (non-hydrogen) atoms. The predicted molar refractivity (Wildman–Crippen MR) is 41.8 cm³/mol. The Bertz CT molecular complexity index is 142. The number of hydrazine groups is 1. The van der Waals surface area contributed by atoms with E-state index in [1.165, 1.54) is 0 Å². The first-order valence-electron chi connectivity index (χ1n) is 3.32. The molecule has 0 atom stereocenters. The van der Waals surface area contributed by atoms with Crippen LogP contribution in [-0.2, 0) is 0 Å². The second kappa shape index (κ2) is 3.27. The second-order valence-corrected chi connectivity index (χ2v) is 2.32. The molecule has 0 fully saturated rings. The molecule has 0 aliphatic carbocycles. The molecule has 0 aromatic carbocycles. The van der Waals surface area contributed by atoms with Crippen LogP contribution in [0.15, 0.2) is 25.1 Å². The standard InChI is InChI=1S/C7H13N3/c1-3-4-8-10-6-5-9(2)7-10/h3,5-6,8H,1,4,7H2,2H3. The highest BCUT2D eigenvalue weighted by molar-refractivity contribution is 4.87. The number of nitrogens with zero attached hydrogens (tertiary/aromatic N) is 2. The zero-order valence-electron chi connectivity index (χ0n) is 6.25. The molecule has 0 aromatic rings. The third kappa shape index (κ3) is 1.77. The van der Waals surface area contributed by atoms with Gasteiger partial charge >= 0.3 is 0 Å². The first-order valence-corrected chi connectivity index (χ1v) is 3.32. The van der Waals surface area contributed by atoms with E-state index in [4.69, 9.17) is 0 Å². The summed E-state index contributed by atoms with van der Waals surface area (Å²) < 4.78 is 0. The summed E-state index contributed by atoms with van der Waals surface area (Å²) in [6.45, 7) is 5.34. The fourth-order valence-electron chi connectivity index (χ4n) is 0.813. The van der Waals surface area contributed by atoms with Crippen LogP contribution in [0.3, 0.4) is 0 Å². The van der Waals surface area contributed by atoms with Crippen molar-refractivity contribution < 1.29 is 0 Å². The van der Waals surface area contributed by atoms with Crippen molar-refractivity contribution in [2.45, 2.75) is 0 Å². The van der Waals surface area contributed by atoms with E-state index in [0.29, 0.717) is 0 Å². The van der Waals surface area contributed by atoms with Crippen molar-refractivity contribution in [3.05, 3.63) is 25.1 Å². The Balaban J connectivity index is 2.19. The van der Waals surface area contributed by atoms with E-state index in [0.717, 1.165) is 13.2 Å². The largest absolute Gasteiger partial charge is 0.360 e. The van der Waals surface area contributed by atoms with E-state index in [-0.39, 0.29) is 0 Å². The Morgan fingerprint density at radius 1 is 1.70 bits per heavy atom. The van der Waals surface area contributed by atoms with Gasteiger partial charge in [-0.2, -0.15) is 0 Å². The van der Waals surface area contributed by atoms with Gasteiger partial charge < -0.3 is 4.90 Å². The Labute approximate surface area is 61.6 Å². The van der Waals surface area contributed by atoms with Gasteiger partial charge in [0.05, 0.1) is 0 Å². The van der Waals surface area contributed by atoms with Crippen LogP contribution < -0.4 is 5.43 Å². The van der Waals surface area contributed by atoms with Crippen LogP contribution in [-0.4, -0.2) is 30.2 Å². The maximum Gasteiger partial charge on any atom is 0.104 e. The minimum Gasteiger partial charge on any atom is -0.360 e. The molecule has 3 heteroatoms. The Kier molecular flexibility index (Phi) is 2.34. The molecule has 56 valence electrons. The lowest BCUT2D eigenvalue weighted by atomic mass is 10.6. The quantitative estimate of drug-likeness (QED) is 0.569. The predicted octanol–water partition coefficient (Wildman–Crippen LogP) is 0.353. The van der Waals surface area contributed by atoms with Crippen molar-refractivity contribution in [1.82, 2.24) is 15.3 Å². The van der Waals surface area contributed by atoms with Crippen LogP contribution in [0.5, 0.6) is 0 Å². The number of hydrogen-bond donors (Lipinski definition) is 1. The molecule has 3 nitrogen and oxygen atoms in total. The third-order valence-corrected chi connectivity index (χ3v) is 1.32. The topological polar surface area (TPSA) is 18.5 Å². The second-order valence-electron chi connectivity index (χ2n) is 2.32. The Hall–Kier alpha value is -0.960. The highest BCUT2D eigenvalue weighted by atomic mass is 15.6. The number of hydrogen-bond acceptors (Lipinski definition) is 3. The van der Waals surface area contributed by atoms with Gasteiger partial charge in [-0.25, -0.2) is 5.43 Å². The molecule has 0 saturated carbocycles. The highest BCUT2D eigenvalue weighted by Crippen LogP contribution is 1.98. The van der Waals surface area contributed by atoms with Crippen LogP contribution in [0.1, 0.15) is 0 Å². The molecule has 0 unspecified atom stereocenters. The normalized spacial score (nSPS) is 16.5. The third-order valence-electron chi connectivity index (χ3n) is 1.32. The van der Waals surface area contributed by atoms with Gasteiger partial charge in [0.1, 0.15) is 6.67 Å². The summed E-state index contributed by atoms with van der Waals surface area (Å²) >= 11 is 0. The summed E-state index contributed by atoms with van der Waals surface area (Å²) in [6.07, 6.45) is 5.87. The van der Waals surface area contributed by atoms with E-state index in [2.05, 4.69) is 16.9 Å². The Morgan fingerprint density at radius 2 is 2.50 bits per heavy atom. The lowest BCUT2D eigenvalue weighted by Crippen LogP contribution is -2.35. The van der Waals surface area contributed by atoms with Crippen LogP contribution >= 0.6 is 0 Å². The summed E-state index contributed by atoms with van der Waals surface area (Å²) in [5.74, 6) is 0. The minimum atomic E-state index is 0.818. The molecular formula is C7H13N3. The van der Waals surface area contributed by atoms with Gasteiger partial charge in [-0.3, -0.25) is 5.01 Å². The molecule has 1 aliphatic rings. The van der Waals surface area contributed by atoms with Gasteiger partial charge in [0.25, 0.3) is 0 Å². The average molecular weight is 139 g/mol. The first-order chi connectivity index (χ1) is 4.83. The fourth-order valence-corrected chi connectivity index (χ4v) is 0.813. The molecule has 0 spiro atoms. The molecule has 0 bridgehead atoms. The molecule has 0 radical (unpaired) electrons. The van der Waals surface area contributed by atoms with E-state index in [1.807, 2.05) is 30.5 Å².